The molecule has 0 rings (SSSR count). The fourth-order valence-electron chi connectivity index (χ4n) is 1.54. The first kappa shape index (κ1) is 15.4. The largest absolute Gasteiger partial charge is 0.465 e. The van der Waals surface area contributed by atoms with Crippen molar-refractivity contribution in [1.82, 2.24) is 0 Å². The summed E-state index contributed by atoms with van der Waals surface area (Å²) in [5.74, 6) is -0.289. The zero-order valence-electron chi connectivity index (χ0n) is 10.8. The third kappa shape index (κ3) is 9.97. The van der Waals surface area contributed by atoms with Crippen molar-refractivity contribution in [3.63, 3.8) is 0 Å². The minimum absolute atomic E-state index is 0.289. The van der Waals surface area contributed by atoms with Crippen LogP contribution in [0.4, 0.5) is 0 Å². The number of esters is 1. The Bertz CT molecular complexity index is 169. The number of carbonyl (C=O) groups excluding carboxylic acids is 1. The molecule has 0 aromatic carbocycles. The summed E-state index contributed by atoms with van der Waals surface area (Å²) in [5.41, 5.74) is 5.37. The Labute approximate surface area is 99.7 Å². The van der Waals surface area contributed by atoms with Crippen molar-refractivity contribution in [1.29, 1.82) is 0 Å². The second-order valence-electron chi connectivity index (χ2n) is 4.43. The highest BCUT2D eigenvalue weighted by atomic mass is 16.5. The Kier molecular flexibility index (Phi) is 10.5. The first-order valence-electron chi connectivity index (χ1n) is 6.60. The van der Waals surface area contributed by atoms with E-state index in [1.165, 1.54) is 38.5 Å². The average molecular weight is 229 g/mol. The lowest BCUT2D eigenvalue weighted by Gasteiger charge is -2.06. The van der Waals surface area contributed by atoms with Crippen molar-refractivity contribution in [2.24, 2.45) is 5.73 Å². The first-order valence-corrected chi connectivity index (χ1v) is 6.60. The van der Waals surface area contributed by atoms with Gasteiger partial charge in [0.2, 0.25) is 0 Å². The maximum Gasteiger partial charge on any atom is 0.322 e. The SMILES string of the molecule is CCCCCCCCCCOC(=O)[C@H](C)N. The minimum Gasteiger partial charge on any atom is -0.465 e. The molecule has 3 nitrogen and oxygen atoms in total. The standard InChI is InChI=1S/C13H27NO2/c1-3-4-5-6-7-8-9-10-11-16-13(15)12(2)14/h12H,3-11,14H2,1-2H3/t12-/m0/s1. The van der Waals surface area contributed by atoms with Crippen molar-refractivity contribution in [2.45, 2.75) is 71.3 Å². The van der Waals surface area contributed by atoms with Crippen LogP contribution in [-0.2, 0) is 9.53 Å². The van der Waals surface area contributed by atoms with E-state index < -0.39 is 6.04 Å². The summed E-state index contributed by atoms with van der Waals surface area (Å²) in [6.45, 7) is 4.40. The molecule has 96 valence electrons. The Morgan fingerprint density at radius 3 is 2.06 bits per heavy atom. The van der Waals surface area contributed by atoms with E-state index in [2.05, 4.69) is 6.92 Å². The summed E-state index contributed by atoms with van der Waals surface area (Å²) in [7, 11) is 0. The normalized spacial score (nSPS) is 12.4. The second kappa shape index (κ2) is 10.9. The highest BCUT2D eigenvalue weighted by Crippen LogP contribution is 2.08. The van der Waals surface area contributed by atoms with Crippen molar-refractivity contribution >= 4 is 5.97 Å². The molecule has 0 unspecified atom stereocenters. The molecule has 0 fully saturated rings. The van der Waals surface area contributed by atoms with E-state index >= 15 is 0 Å². The molecule has 0 aliphatic carbocycles. The summed E-state index contributed by atoms with van der Waals surface area (Å²) < 4.78 is 4.98. The molecule has 0 aliphatic rings. The van der Waals surface area contributed by atoms with E-state index in [4.69, 9.17) is 10.5 Å². The van der Waals surface area contributed by atoms with Crippen LogP contribution >= 0.6 is 0 Å². The summed E-state index contributed by atoms with van der Waals surface area (Å²) in [4.78, 5) is 11.0. The molecule has 1 atom stereocenters. The van der Waals surface area contributed by atoms with Gasteiger partial charge in [-0.2, -0.15) is 0 Å². The zero-order valence-corrected chi connectivity index (χ0v) is 10.8. The number of unbranched alkanes of at least 4 members (excludes halogenated alkanes) is 7. The van der Waals surface area contributed by atoms with E-state index in [1.54, 1.807) is 6.92 Å². The van der Waals surface area contributed by atoms with Crippen molar-refractivity contribution in [2.75, 3.05) is 6.61 Å². The van der Waals surface area contributed by atoms with Gasteiger partial charge in [-0.3, -0.25) is 4.79 Å². The van der Waals surface area contributed by atoms with E-state index in [0.717, 1.165) is 12.8 Å². The van der Waals surface area contributed by atoms with Crippen LogP contribution in [0.2, 0.25) is 0 Å². The first-order chi connectivity index (χ1) is 7.68. The summed E-state index contributed by atoms with van der Waals surface area (Å²) in [5, 5.41) is 0. The van der Waals surface area contributed by atoms with Gasteiger partial charge in [0.1, 0.15) is 6.04 Å². The predicted molar refractivity (Wildman–Crippen MR) is 67.2 cm³/mol. The lowest BCUT2D eigenvalue weighted by atomic mass is 10.1. The summed E-state index contributed by atoms with van der Waals surface area (Å²) in [6, 6.07) is -0.492. The minimum atomic E-state index is -0.492. The van der Waals surface area contributed by atoms with Gasteiger partial charge in [0.25, 0.3) is 0 Å². The van der Waals surface area contributed by atoms with Gasteiger partial charge in [-0.15, -0.1) is 0 Å². The van der Waals surface area contributed by atoms with Crippen LogP contribution in [0, 0.1) is 0 Å². The fourth-order valence-corrected chi connectivity index (χ4v) is 1.54. The van der Waals surface area contributed by atoms with Crippen LogP contribution in [0.1, 0.15) is 65.2 Å². The fraction of sp³-hybridized carbons (Fsp3) is 0.923. The third-order valence-corrected chi connectivity index (χ3v) is 2.61. The Morgan fingerprint density at radius 1 is 1.06 bits per heavy atom. The summed E-state index contributed by atoms with van der Waals surface area (Å²) in [6.07, 6.45) is 10.0. The average Bonchev–Trinajstić information content (AvgIpc) is 2.26. The molecule has 0 aromatic rings. The second-order valence-corrected chi connectivity index (χ2v) is 4.43. The molecular weight excluding hydrogens is 202 g/mol. The molecular formula is C13H27NO2. The van der Waals surface area contributed by atoms with E-state index in [9.17, 15) is 4.79 Å². The van der Waals surface area contributed by atoms with Gasteiger partial charge in [0.05, 0.1) is 6.61 Å². The quantitative estimate of drug-likeness (QED) is 0.463. The third-order valence-electron chi connectivity index (χ3n) is 2.61. The number of hydrogen-bond acceptors (Lipinski definition) is 3. The van der Waals surface area contributed by atoms with Gasteiger partial charge < -0.3 is 10.5 Å². The molecule has 0 bridgehead atoms. The number of hydrogen-bond donors (Lipinski definition) is 1. The Hall–Kier alpha value is -0.570. The zero-order chi connectivity index (χ0) is 12.2. The van der Waals surface area contributed by atoms with Crippen molar-refractivity contribution in [3.8, 4) is 0 Å². The molecule has 0 aliphatic heterocycles. The molecule has 0 heterocycles. The highest BCUT2D eigenvalue weighted by Gasteiger charge is 2.07. The number of ether oxygens (including phenoxy) is 1. The van der Waals surface area contributed by atoms with E-state index in [1.807, 2.05) is 0 Å². The lowest BCUT2D eigenvalue weighted by Crippen LogP contribution is -2.28. The summed E-state index contributed by atoms with van der Waals surface area (Å²) >= 11 is 0. The number of carbonyl (C=O) groups is 1. The molecule has 0 saturated heterocycles. The molecule has 0 saturated carbocycles. The topological polar surface area (TPSA) is 52.3 Å². The van der Waals surface area contributed by atoms with E-state index in [-0.39, 0.29) is 5.97 Å². The van der Waals surface area contributed by atoms with Crippen molar-refractivity contribution in [3.05, 3.63) is 0 Å². The van der Waals surface area contributed by atoms with Gasteiger partial charge in [0, 0.05) is 0 Å². The Morgan fingerprint density at radius 2 is 1.56 bits per heavy atom. The molecule has 16 heavy (non-hydrogen) atoms. The van der Waals surface area contributed by atoms with E-state index in [0.29, 0.717) is 6.61 Å². The van der Waals surface area contributed by atoms with Gasteiger partial charge >= 0.3 is 5.97 Å². The monoisotopic (exact) mass is 229 g/mol. The van der Waals surface area contributed by atoms with Crippen molar-refractivity contribution < 1.29 is 9.53 Å². The number of rotatable bonds is 10. The smallest absolute Gasteiger partial charge is 0.322 e. The van der Waals surface area contributed by atoms with Gasteiger partial charge in [-0.1, -0.05) is 51.9 Å². The molecule has 0 amide bonds. The van der Waals surface area contributed by atoms with Crippen LogP contribution in [-0.4, -0.2) is 18.6 Å². The van der Waals surface area contributed by atoms with Gasteiger partial charge in [0.15, 0.2) is 0 Å². The van der Waals surface area contributed by atoms with Crippen LogP contribution < -0.4 is 5.73 Å². The molecule has 3 heteroatoms. The molecule has 0 aromatic heterocycles. The van der Waals surface area contributed by atoms with Crippen LogP contribution in [0.15, 0.2) is 0 Å². The van der Waals surface area contributed by atoms with Gasteiger partial charge in [-0.05, 0) is 13.3 Å². The molecule has 2 N–H and O–H groups in total. The highest BCUT2D eigenvalue weighted by molar-refractivity contribution is 5.74. The maximum atomic E-state index is 11.0. The maximum absolute atomic E-state index is 11.0. The van der Waals surface area contributed by atoms with Crippen LogP contribution in [0.3, 0.4) is 0 Å². The molecule has 0 spiro atoms. The predicted octanol–water partition coefficient (Wildman–Crippen LogP) is 3.02. The van der Waals surface area contributed by atoms with Crippen LogP contribution in [0.5, 0.6) is 0 Å². The number of nitrogens with two attached hydrogens (primary N) is 1. The van der Waals surface area contributed by atoms with Gasteiger partial charge in [-0.25, -0.2) is 0 Å². The molecule has 0 radical (unpaired) electrons. The van der Waals surface area contributed by atoms with Crippen LogP contribution in [0.25, 0.3) is 0 Å². The lowest BCUT2D eigenvalue weighted by molar-refractivity contribution is -0.144. The Balaban J connectivity index is 3.07.